The summed E-state index contributed by atoms with van der Waals surface area (Å²) in [5, 5.41) is 0. The molecule has 1 aromatic heterocycles. The number of anilines is 1. The fourth-order valence-electron chi connectivity index (χ4n) is 4.79. The first-order valence-corrected chi connectivity index (χ1v) is 9.65. The van der Waals surface area contributed by atoms with E-state index in [1.807, 2.05) is 30.3 Å². The molecule has 0 spiro atoms. The summed E-state index contributed by atoms with van der Waals surface area (Å²) < 4.78 is 2.31. The Kier molecular flexibility index (Phi) is 3.87. The van der Waals surface area contributed by atoms with E-state index < -0.39 is 0 Å². The van der Waals surface area contributed by atoms with Crippen LogP contribution in [0, 0.1) is 18.4 Å². The van der Waals surface area contributed by atoms with Gasteiger partial charge in [-0.05, 0) is 42.4 Å². The van der Waals surface area contributed by atoms with Gasteiger partial charge in [0.1, 0.15) is 0 Å². The third kappa shape index (κ3) is 2.77. The van der Waals surface area contributed by atoms with E-state index in [4.69, 9.17) is 17.3 Å². The monoisotopic (exact) mass is 357 g/mol. The molecule has 3 atom stereocenters. The van der Waals surface area contributed by atoms with Gasteiger partial charge in [0.25, 0.3) is 0 Å². The highest BCUT2D eigenvalue weighted by atomic mass is 15.3. The van der Waals surface area contributed by atoms with Gasteiger partial charge in [-0.2, -0.15) is 0 Å². The summed E-state index contributed by atoms with van der Waals surface area (Å²) in [4.78, 5) is 10.9. The van der Waals surface area contributed by atoms with Gasteiger partial charge in [0.05, 0.1) is 24.2 Å². The van der Waals surface area contributed by atoms with Crippen molar-refractivity contribution in [2.45, 2.75) is 25.4 Å². The highest BCUT2D eigenvalue weighted by Gasteiger charge is 2.42. The fourth-order valence-corrected chi connectivity index (χ4v) is 4.79. The largest absolute Gasteiger partial charge is 0.342 e. The molecule has 2 heterocycles. The second-order valence-electron chi connectivity index (χ2n) is 7.84. The summed E-state index contributed by atoms with van der Waals surface area (Å²) in [7, 11) is 0. The molecule has 0 bridgehead atoms. The summed E-state index contributed by atoms with van der Waals surface area (Å²) in [5.74, 6) is 2.34. The minimum atomic E-state index is 0.332. The lowest BCUT2D eigenvalue weighted by atomic mass is 9.98. The van der Waals surface area contributed by atoms with Crippen molar-refractivity contribution in [3.8, 4) is 0 Å². The molecular formula is C22H23N5. The molecule has 1 aliphatic heterocycles. The molecule has 2 fully saturated rings. The quantitative estimate of drug-likeness (QED) is 0.725. The molecule has 0 radical (unpaired) electrons. The van der Waals surface area contributed by atoms with Crippen LogP contribution in [0.3, 0.4) is 0 Å². The summed E-state index contributed by atoms with van der Waals surface area (Å²) in [6, 6.07) is 16.5. The molecule has 2 aromatic carbocycles. The topological polar surface area (TPSA) is 51.4 Å². The van der Waals surface area contributed by atoms with Gasteiger partial charge in [0.2, 0.25) is 5.95 Å². The van der Waals surface area contributed by atoms with E-state index in [-0.39, 0.29) is 0 Å². The zero-order valence-corrected chi connectivity index (χ0v) is 15.3. The second kappa shape index (κ2) is 6.40. The van der Waals surface area contributed by atoms with E-state index in [0.29, 0.717) is 23.6 Å². The third-order valence-electron chi connectivity index (χ3n) is 6.24. The molecule has 136 valence electrons. The standard InChI is InChI=1S/C22H23N5/c1-24-17-9-6-15(7-10-17)12-27-21-5-3-2-4-20(21)25-22(27)26-13-16-8-11-19(23)18(16)14-26/h2-7,9-10,16,18-19H,8,11-14,23H2. The first-order chi connectivity index (χ1) is 13.2. The van der Waals surface area contributed by atoms with Crippen molar-refractivity contribution >= 4 is 22.7 Å². The Labute approximate surface area is 159 Å². The molecule has 5 nitrogen and oxygen atoms in total. The van der Waals surface area contributed by atoms with Crippen LogP contribution in [0.5, 0.6) is 0 Å². The Bertz CT molecular complexity index is 1010. The Morgan fingerprint density at radius 3 is 2.67 bits per heavy atom. The Hall–Kier alpha value is -2.84. The minimum Gasteiger partial charge on any atom is -0.342 e. The van der Waals surface area contributed by atoms with Crippen molar-refractivity contribution in [1.29, 1.82) is 0 Å². The molecule has 27 heavy (non-hydrogen) atoms. The van der Waals surface area contributed by atoms with Gasteiger partial charge in [-0.3, -0.25) is 0 Å². The Morgan fingerprint density at radius 2 is 1.89 bits per heavy atom. The van der Waals surface area contributed by atoms with Crippen molar-refractivity contribution in [2.24, 2.45) is 17.6 Å². The summed E-state index contributed by atoms with van der Waals surface area (Å²) in [6.07, 6.45) is 2.40. The predicted octanol–water partition coefficient (Wildman–Crippen LogP) is 3.81. The van der Waals surface area contributed by atoms with Crippen LogP contribution in [0.25, 0.3) is 15.9 Å². The SMILES string of the molecule is [C-]#[N+]c1ccc(Cn2c(N3CC4CCC(N)C4C3)nc3ccccc32)cc1. The molecule has 3 aromatic rings. The third-order valence-corrected chi connectivity index (χ3v) is 6.24. The van der Waals surface area contributed by atoms with Crippen LogP contribution in [-0.2, 0) is 6.54 Å². The van der Waals surface area contributed by atoms with Crippen molar-refractivity contribution in [3.05, 3.63) is 65.5 Å². The van der Waals surface area contributed by atoms with E-state index in [0.717, 1.165) is 43.0 Å². The number of para-hydroxylation sites is 2. The smallest absolute Gasteiger partial charge is 0.206 e. The van der Waals surface area contributed by atoms with E-state index in [2.05, 4.69) is 32.5 Å². The Balaban J connectivity index is 1.52. The number of aromatic nitrogens is 2. The summed E-state index contributed by atoms with van der Waals surface area (Å²) in [5.41, 5.74) is 10.4. The first-order valence-electron chi connectivity index (χ1n) is 9.65. The lowest BCUT2D eigenvalue weighted by molar-refractivity contribution is 0.453. The van der Waals surface area contributed by atoms with Crippen LogP contribution in [0.2, 0.25) is 0 Å². The van der Waals surface area contributed by atoms with E-state index in [1.54, 1.807) is 0 Å². The number of hydrogen-bond donors (Lipinski definition) is 1. The van der Waals surface area contributed by atoms with Crippen molar-refractivity contribution in [3.63, 3.8) is 0 Å². The zero-order chi connectivity index (χ0) is 18.4. The van der Waals surface area contributed by atoms with E-state index in [1.165, 1.54) is 12.0 Å². The van der Waals surface area contributed by atoms with Gasteiger partial charge in [-0.1, -0.05) is 36.4 Å². The van der Waals surface area contributed by atoms with Crippen LogP contribution < -0.4 is 10.6 Å². The van der Waals surface area contributed by atoms with Gasteiger partial charge >= 0.3 is 0 Å². The number of hydrogen-bond acceptors (Lipinski definition) is 3. The molecule has 0 amide bonds. The molecule has 2 N–H and O–H groups in total. The van der Waals surface area contributed by atoms with Gasteiger partial charge in [-0.15, -0.1) is 0 Å². The number of benzene rings is 2. The predicted molar refractivity (Wildman–Crippen MR) is 108 cm³/mol. The first kappa shape index (κ1) is 16.3. The van der Waals surface area contributed by atoms with Crippen LogP contribution >= 0.6 is 0 Å². The van der Waals surface area contributed by atoms with E-state index >= 15 is 0 Å². The molecular weight excluding hydrogens is 334 g/mol. The second-order valence-corrected chi connectivity index (χ2v) is 7.84. The van der Waals surface area contributed by atoms with Crippen molar-refractivity contribution < 1.29 is 0 Å². The van der Waals surface area contributed by atoms with Crippen molar-refractivity contribution in [1.82, 2.24) is 9.55 Å². The average molecular weight is 357 g/mol. The lowest BCUT2D eigenvalue weighted by Crippen LogP contribution is -2.31. The number of fused-ring (bicyclic) bond motifs is 2. The highest BCUT2D eigenvalue weighted by molar-refractivity contribution is 5.79. The van der Waals surface area contributed by atoms with Gasteiger partial charge in [-0.25, -0.2) is 9.83 Å². The van der Waals surface area contributed by atoms with E-state index in [9.17, 15) is 0 Å². The average Bonchev–Trinajstić information content (AvgIpc) is 3.37. The molecule has 5 heteroatoms. The normalized spacial score (nSPS) is 24.3. The number of rotatable bonds is 3. The molecule has 3 unspecified atom stereocenters. The van der Waals surface area contributed by atoms with Crippen molar-refractivity contribution in [2.75, 3.05) is 18.0 Å². The van der Waals surface area contributed by atoms with Crippen LogP contribution in [0.1, 0.15) is 18.4 Å². The van der Waals surface area contributed by atoms with Gasteiger partial charge in [0.15, 0.2) is 5.69 Å². The maximum atomic E-state index is 7.14. The number of nitrogens with two attached hydrogens (primary N) is 1. The molecule has 1 saturated heterocycles. The number of imidazole rings is 1. The summed E-state index contributed by atoms with van der Waals surface area (Å²) >= 11 is 0. The molecule has 5 rings (SSSR count). The maximum Gasteiger partial charge on any atom is 0.206 e. The lowest BCUT2D eigenvalue weighted by Gasteiger charge is -2.21. The van der Waals surface area contributed by atoms with Crippen LogP contribution in [0.4, 0.5) is 11.6 Å². The summed E-state index contributed by atoms with van der Waals surface area (Å²) in [6.45, 7) is 9.95. The van der Waals surface area contributed by atoms with Crippen LogP contribution in [-0.4, -0.2) is 28.7 Å². The highest BCUT2D eigenvalue weighted by Crippen LogP contribution is 2.39. The van der Waals surface area contributed by atoms with Gasteiger partial charge in [0, 0.05) is 19.1 Å². The Morgan fingerprint density at radius 1 is 1.07 bits per heavy atom. The maximum absolute atomic E-state index is 7.14. The molecule has 2 aliphatic rings. The number of nitrogens with zero attached hydrogens (tertiary/aromatic N) is 4. The molecule has 1 aliphatic carbocycles. The zero-order valence-electron chi connectivity index (χ0n) is 15.3. The van der Waals surface area contributed by atoms with Crippen LogP contribution in [0.15, 0.2) is 48.5 Å². The minimum absolute atomic E-state index is 0.332. The fraction of sp³-hybridized carbons (Fsp3) is 0.364. The van der Waals surface area contributed by atoms with Gasteiger partial charge < -0.3 is 15.2 Å². The molecule has 1 saturated carbocycles.